The average Bonchev–Trinajstić information content (AvgIpc) is 2.20. The Labute approximate surface area is 81.4 Å². The normalized spacial score (nSPS) is 8.69. The van der Waals surface area contributed by atoms with Crippen molar-refractivity contribution in [1.82, 2.24) is 0 Å². The molecule has 0 aliphatic heterocycles. The molecule has 0 unspecified atom stereocenters. The van der Waals surface area contributed by atoms with Gasteiger partial charge in [0.2, 0.25) is 0 Å². The Morgan fingerprint density at radius 2 is 1.92 bits per heavy atom. The average molecular weight is 206 g/mol. The lowest BCUT2D eigenvalue weighted by Crippen LogP contribution is -1.85. The van der Waals surface area contributed by atoms with Gasteiger partial charge in [0.05, 0.1) is 31.3 Å². The van der Waals surface area contributed by atoms with Crippen molar-refractivity contribution >= 4 is 12.1 Å². The van der Waals surface area contributed by atoms with Crippen molar-refractivity contribution in [2.24, 2.45) is 0 Å². The summed E-state index contributed by atoms with van der Waals surface area (Å²) in [5.41, 5.74) is 1.03. The third-order valence-corrected chi connectivity index (χ3v) is 1.89. The third-order valence-electron chi connectivity index (χ3n) is 1.40. The Morgan fingerprint density at radius 3 is 2.38 bits per heavy atom. The molecule has 0 saturated carbocycles. The molecule has 0 heterocycles. The summed E-state index contributed by atoms with van der Waals surface area (Å²) in [6.07, 6.45) is 0. The van der Waals surface area contributed by atoms with E-state index in [0.29, 0.717) is 17.8 Å². The van der Waals surface area contributed by atoms with Gasteiger partial charge in [-0.1, -0.05) is 6.07 Å². The van der Waals surface area contributed by atoms with Crippen LogP contribution in [0.15, 0.2) is 23.1 Å². The maximum absolute atomic E-state index is 12.2. The predicted octanol–water partition coefficient (Wildman–Crippen LogP) is 3.57. The first-order valence-corrected chi connectivity index (χ1v) is 4.30. The molecule has 1 aromatic rings. The van der Waals surface area contributed by atoms with Crippen molar-refractivity contribution in [3.63, 3.8) is 0 Å². The molecular weight excluding hydrogens is 194 g/mol. The van der Waals surface area contributed by atoms with Gasteiger partial charge in [0.25, 0.3) is 0 Å². The number of ether oxygens (including phenoxy) is 1. The van der Waals surface area contributed by atoms with Crippen LogP contribution in [0, 0.1) is 6.92 Å². The van der Waals surface area contributed by atoms with Gasteiger partial charge < -0.3 is 4.74 Å². The zero-order chi connectivity index (χ0) is 10.3. The van der Waals surface area contributed by atoms with Crippen LogP contribution < -0.4 is 4.74 Å². The maximum Gasteiger partial charge on any atom is 0.135 e. The Balaban J connectivity index is 0.000000671. The van der Waals surface area contributed by atoms with E-state index < -0.39 is 0 Å². The molecule has 4 heteroatoms. The molecule has 0 N–H and O–H groups in total. The summed E-state index contributed by atoms with van der Waals surface area (Å²) in [5, 5.41) is 0. The van der Waals surface area contributed by atoms with E-state index in [-0.39, 0.29) is 12.1 Å². The van der Waals surface area contributed by atoms with Gasteiger partial charge in [-0.3, -0.25) is 4.39 Å². The van der Waals surface area contributed by atoms with E-state index in [2.05, 4.69) is 0 Å². The summed E-state index contributed by atoms with van der Waals surface area (Å²) >= 11 is 0.209. The van der Waals surface area contributed by atoms with Crippen molar-refractivity contribution in [2.45, 2.75) is 11.8 Å². The van der Waals surface area contributed by atoms with E-state index in [9.17, 15) is 8.28 Å². The summed E-state index contributed by atoms with van der Waals surface area (Å²) in [4.78, 5) is 0.535. The minimum absolute atomic E-state index is 0.209. The lowest BCUT2D eigenvalue weighted by Gasteiger charge is -2.03. The van der Waals surface area contributed by atoms with Crippen molar-refractivity contribution < 1.29 is 13.0 Å². The standard InChI is InChI=1S/C8H9FOS.CH3F/c1-6-3-4-7(10-2)8(5-6)11-9;1-2/h3-5H,1-2H3;1H3. The highest BCUT2D eigenvalue weighted by Gasteiger charge is 2.02. The van der Waals surface area contributed by atoms with Crippen molar-refractivity contribution in [2.75, 3.05) is 14.3 Å². The van der Waals surface area contributed by atoms with Crippen LogP contribution in [0.25, 0.3) is 0 Å². The molecule has 0 amide bonds. The highest BCUT2D eigenvalue weighted by atomic mass is 32.2. The number of alkyl halides is 1. The largest absolute Gasteiger partial charge is 0.495 e. The SMILES string of the molecule is CF.COc1ccc(C)cc1SF. The van der Waals surface area contributed by atoms with E-state index >= 15 is 0 Å². The number of aryl methyl sites for hydroxylation is 1. The lowest BCUT2D eigenvalue weighted by atomic mass is 10.2. The molecule has 0 radical (unpaired) electrons. The van der Waals surface area contributed by atoms with Crippen LogP contribution in [0.4, 0.5) is 8.28 Å². The number of hydrogen-bond acceptors (Lipinski definition) is 2. The molecule has 1 nitrogen and oxygen atoms in total. The van der Waals surface area contributed by atoms with Gasteiger partial charge in [-0.15, -0.1) is 0 Å². The van der Waals surface area contributed by atoms with Crippen LogP contribution in [0.2, 0.25) is 0 Å². The minimum atomic E-state index is 0.209. The number of halogens is 2. The number of methoxy groups -OCH3 is 1. The second kappa shape index (κ2) is 6.71. The smallest absolute Gasteiger partial charge is 0.135 e. The second-order valence-electron chi connectivity index (χ2n) is 2.23. The molecule has 0 fully saturated rings. The van der Waals surface area contributed by atoms with Gasteiger partial charge in [-0.05, 0) is 24.6 Å². The van der Waals surface area contributed by atoms with Gasteiger partial charge in [-0.25, -0.2) is 0 Å². The van der Waals surface area contributed by atoms with Crippen LogP contribution in [0.1, 0.15) is 5.56 Å². The molecule has 74 valence electrons. The van der Waals surface area contributed by atoms with E-state index in [4.69, 9.17) is 4.74 Å². The Kier molecular flexibility index (Phi) is 6.32. The van der Waals surface area contributed by atoms with Gasteiger partial charge >= 0.3 is 0 Å². The Hall–Kier alpha value is -0.770. The van der Waals surface area contributed by atoms with Gasteiger partial charge in [0, 0.05) is 0 Å². The Morgan fingerprint density at radius 1 is 1.31 bits per heavy atom. The summed E-state index contributed by atoms with van der Waals surface area (Å²) in [7, 11) is 2.03. The molecule has 0 aliphatic rings. The number of benzene rings is 1. The van der Waals surface area contributed by atoms with Gasteiger partial charge in [0.15, 0.2) is 0 Å². The summed E-state index contributed by atoms with van der Waals surface area (Å²) < 4.78 is 26.6. The summed E-state index contributed by atoms with van der Waals surface area (Å²) in [6, 6.07) is 5.40. The van der Waals surface area contributed by atoms with E-state index in [0.717, 1.165) is 5.56 Å². The first-order valence-electron chi connectivity index (χ1n) is 3.59. The molecule has 0 bridgehead atoms. The van der Waals surface area contributed by atoms with Crippen molar-refractivity contribution in [1.29, 1.82) is 0 Å². The van der Waals surface area contributed by atoms with Crippen LogP contribution in [0.3, 0.4) is 0 Å². The van der Waals surface area contributed by atoms with E-state index in [1.165, 1.54) is 7.11 Å². The maximum atomic E-state index is 12.2. The molecule has 1 rings (SSSR count). The van der Waals surface area contributed by atoms with Crippen LogP contribution in [-0.2, 0) is 0 Å². The second-order valence-corrected chi connectivity index (χ2v) is 2.83. The fraction of sp³-hybridized carbons (Fsp3) is 0.333. The molecule has 0 spiro atoms. The number of rotatable bonds is 2. The van der Waals surface area contributed by atoms with E-state index in [1.807, 2.05) is 13.0 Å². The molecule has 1 aromatic carbocycles. The van der Waals surface area contributed by atoms with Crippen LogP contribution in [0.5, 0.6) is 5.75 Å². The predicted molar refractivity (Wildman–Crippen MR) is 51.7 cm³/mol. The molecular formula is C9H12F2OS. The topological polar surface area (TPSA) is 9.23 Å². The first kappa shape index (κ1) is 12.2. The molecule has 0 aromatic heterocycles. The molecule has 13 heavy (non-hydrogen) atoms. The zero-order valence-electron chi connectivity index (χ0n) is 7.80. The fourth-order valence-corrected chi connectivity index (χ4v) is 1.30. The first-order chi connectivity index (χ1) is 6.27. The van der Waals surface area contributed by atoms with Crippen molar-refractivity contribution in [3.05, 3.63) is 23.8 Å². The highest BCUT2D eigenvalue weighted by Crippen LogP contribution is 2.30. The highest BCUT2D eigenvalue weighted by molar-refractivity contribution is 7.94. The Bertz CT molecular complexity index is 253. The quantitative estimate of drug-likeness (QED) is 0.731. The third kappa shape index (κ3) is 3.63. The minimum Gasteiger partial charge on any atom is -0.495 e. The fourth-order valence-electron chi connectivity index (χ4n) is 0.844. The molecule has 0 aliphatic carbocycles. The van der Waals surface area contributed by atoms with Gasteiger partial charge in [-0.2, -0.15) is 3.89 Å². The van der Waals surface area contributed by atoms with Crippen LogP contribution in [-0.4, -0.2) is 14.3 Å². The van der Waals surface area contributed by atoms with Crippen molar-refractivity contribution in [3.8, 4) is 5.75 Å². The number of hydrogen-bond donors (Lipinski definition) is 0. The lowest BCUT2D eigenvalue weighted by molar-refractivity contribution is 0.404. The summed E-state index contributed by atoms with van der Waals surface area (Å²) in [5.74, 6) is 0.586. The van der Waals surface area contributed by atoms with E-state index in [1.54, 1.807) is 12.1 Å². The zero-order valence-corrected chi connectivity index (χ0v) is 8.62. The molecule has 0 atom stereocenters. The van der Waals surface area contributed by atoms with Gasteiger partial charge in [0.1, 0.15) is 5.75 Å². The summed E-state index contributed by atoms with van der Waals surface area (Å²) in [6.45, 7) is 1.92. The monoisotopic (exact) mass is 206 g/mol. The van der Waals surface area contributed by atoms with Crippen LogP contribution >= 0.6 is 12.1 Å². The molecule has 0 saturated heterocycles.